The molecule has 0 spiro atoms. The van der Waals surface area contributed by atoms with Gasteiger partial charge in [-0.1, -0.05) is 0 Å². The number of methoxy groups -OCH3 is 2. The molecule has 0 aliphatic carbocycles. The SMILES string of the molecule is COC(CNn1cnc2c(=O)n(C)c(=O)n(C)c21)OC. The van der Waals surface area contributed by atoms with Crippen molar-refractivity contribution in [3.63, 3.8) is 0 Å². The lowest BCUT2D eigenvalue weighted by atomic mass is 10.5. The first-order valence-electron chi connectivity index (χ1n) is 5.93. The van der Waals surface area contributed by atoms with E-state index >= 15 is 0 Å². The van der Waals surface area contributed by atoms with Gasteiger partial charge in [-0.3, -0.25) is 13.9 Å². The van der Waals surface area contributed by atoms with Crippen LogP contribution in [0.1, 0.15) is 0 Å². The predicted octanol–water partition coefficient (Wildman–Crippen LogP) is -1.40. The molecule has 9 heteroatoms. The molecular weight excluding hydrogens is 266 g/mol. The van der Waals surface area contributed by atoms with Crippen LogP contribution in [0.5, 0.6) is 0 Å². The van der Waals surface area contributed by atoms with Crippen LogP contribution in [0.15, 0.2) is 15.9 Å². The van der Waals surface area contributed by atoms with Crippen LogP contribution in [0.25, 0.3) is 11.2 Å². The van der Waals surface area contributed by atoms with Crippen molar-refractivity contribution >= 4 is 11.2 Å². The second-order valence-corrected chi connectivity index (χ2v) is 4.26. The first-order chi connectivity index (χ1) is 9.51. The van der Waals surface area contributed by atoms with Gasteiger partial charge in [-0.05, 0) is 0 Å². The lowest BCUT2D eigenvalue weighted by molar-refractivity contribution is -0.0926. The Kier molecular flexibility index (Phi) is 3.91. The van der Waals surface area contributed by atoms with Crippen LogP contribution in [-0.4, -0.2) is 45.8 Å². The highest BCUT2D eigenvalue weighted by Gasteiger charge is 2.14. The molecule has 0 radical (unpaired) electrons. The number of fused-ring (bicyclic) bond motifs is 1. The molecule has 0 amide bonds. The Balaban J connectivity index is 2.47. The Morgan fingerprint density at radius 1 is 1.25 bits per heavy atom. The van der Waals surface area contributed by atoms with Crippen LogP contribution in [-0.2, 0) is 23.6 Å². The van der Waals surface area contributed by atoms with E-state index in [2.05, 4.69) is 10.4 Å². The molecule has 0 atom stereocenters. The minimum atomic E-state index is -0.448. The number of ether oxygens (including phenoxy) is 2. The van der Waals surface area contributed by atoms with Crippen LogP contribution in [0.2, 0.25) is 0 Å². The Morgan fingerprint density at radius 2 is 1.90 bits per heavy atom. The van der Waals surface area contributed by atoms with Crippen LogP contribution >= 0.6 is 0 Å². The minimum absolute atomic E-state index is 0.216. The van der Waals surface area contributed by atoms with E-state index in [1.165, 1.54) is 36.8 Å². The van der Waals surface area contributed by atoms with E-state index in [0.717, 1.165) is 4.57 Å². The van der Waals surface area contributed by atoms with E-state index in [-0.39, 0.29) is 5.52 Å². The maximum Gasteiger partial charge on any atom is 0.332 e. The second-order valence-electron chi connectivity index (χ2n) is 4.26. The van der Waals surface area contributed by atoms with Gasteiger partial charge >= 0.3 is 5.69 Å². The van der Waals surface area contributed by atoms with E-state index < -0.39 is 17.5 Å². The quantitative estimate of drug-likeness (QED) is 0.678. The highest BCUT2D eigenvalue weighted by atomic mass is 16.7. The summed E-state index contributed by atoms with van der Waals surface area (Å²) < 4.78 is 14.0. The largest absolute Gasteiger partial charge is 0.354 e. The summed E-state index contributed by atoms with van der Waals surface area (Å²) in [5.41, 5.74) is 2.74. The zero-order valence-electron chi connectivity index (χ0n) is 11.8. The molecule has 0 unspecified atom stereocenters. The van der Waals surface area contributed by atoms with Crippen molar-refractivity contribution in [3.8, 4) is 0 Å². The molecule has 110 valence electrons. The summed E-state index contributed by atoms with van der Waals surface area (Å²) in [7, 11) is 6.04. The van der Waals surface area contributed by atoms with Gasteiger partial charge in [0.1, 0.15) is 6.33 Å². The maximum absolute atomic E-state index is 12.0. The molecule has 2 aromatic rings. The molecule has 0 saturated carbocycles. The van der Waals surface area contributed by atoms with Crippen molar-refractivity contribution in [1.82, 2.24) is 18.8 Å². The number of imidazole rings is 1. The Hall–Kier alpha value is -2.13. The van der Waals surface area contributed by atoms with E-state index in [1.807, 2.05) is 0 Å². The molecule has 0 fully saturated rings. The smallest absolute Gasteiger partial charge is 0.332 e. The first kappa shape index (κ1) is 14.3. The Bertz CT molecular complexity index is 725. The van der Waals surface area contributed by atoms with E-state index in [9.17, 15) is 9.59 Å². The van der Waals surface area contributed by atoms with E-state index in [1.54, 1.807) is 7.05 Å². The summed E-state index contributed by atoms with van der Waals surface area (Å²) in [6.07, 6.45) is 0.990. The topological polar surface area (TPSA) is 92.3 Å². The van der Waals surface area contributed by atoms with Crippen molar-refractivity contribution in [2.75, 3.05) is 26.2 Å². The highest BCUT2D eigenvalue weighted by Crippen LogP contribution is 2.03. The third kappa shape index (κ3) is 2.21. The molecule has 20 heavy (non-hydrogen) atoms. The van der Waals surface area contributed by atoms with Gasteiger partial charge in [-0.2, -0.15) is 0 Å². The van der Waals surface area contributed by atoms with Gasteiger partial charge in [0.05, 0.1) is 6.54 Å². The lowest BCUT2D eigenvalue weighted by Crippen LogP contribution is -2.38. The number of hydrogen-bond acceptors (Lipinski definition) is 6. The monoisotopic (exact) mass is 283 g/mol. The van der Waals surface area contributed by atoms with Crippen molar-refractivity contribution < 1.29 is 9.47 Å². The van der Waals surface area contributed by atoms with Crippen molar-refractivity contribution in [2.45, 2.75) is 6.29 Å². The fourth-order valence-corrected chi connectivity index (χ4v) is 1.93. The summed E-state index contributed by atoms with van der Waals surface area (Å²) in [6, 6.07) is 0. The number of aryl methyl sites for hydroxylation is 1. The molecule has 9 nitrogen and oxygen atoms in total. The summed E-state index contributed by atoms with van der Waals surface area (Å²) in [4.78, 5) is 27.9. The normalized spacial score (nSPS) is 11.4. The van der Waals surface area contributed by atoms with Crippen molar-refractivity contribution in [2.24, 2.45) is 14.1 Å². The summed E-state index contributed by atoms with van der Waals surface area (Å²) in [5, 5.41) is 0. The fraction of sp³-hybridized carbons (Fsp3) is 0.545. The average molecular weight is 283 g/mol. The zero-order valence-corrected chi connectivity index (χ0v) is 11.8. The van der Waals surface area contributed by atoms with Crippen LogP contribution in [0.4, 0.5) is 0 Å². The molecular formula is C11H17N5O4. The van der Waals surface area contributed by atoms with Gasteiger partial charge < -0.3 is 14.9 Å². The Labute approximate surface area is 114 Å². The molecule has 2 aromatic heterocycles. The molecule has 0 saturated heterocycles. The molecule has 1 N–H and O–H groups in total. The second kappa shape index (κ2) is 5.47. The van der Waals surface area contributed by atoms with E-state index in [4.69, 9.17) is 9.47 Å². The van der Waals surface area contributed by atoms with Crippen LogP contribution < -0.4 is 16.7 Å². The molecule has 2 heterocycles. The van der Waals surface area contributed by atoms with Gasteiger partial charge in [0.2, 0.25) is 0 Å². The van der Waals surface area contributed by atoms with Gasteiger partial charge in [-0.25, -0.2) is 14.5 Å². The summed E-state index contributed by atoms with van der Waals surface area (Å²) in [5.74, 6) is 0. The highest BCUT2D eigenvalue weighted by molar-refractivity contribution is 5.70. The van der Waals surface area contributed by atoms with Crippen LogP contribution in [0, 0.1) is 0 Å². The number of hydrogen-bond donors (Lipinski definition) is 1. The van der Waals surface area contributed by atoms with Crippen molar-refractivity contribution in [3.05, 3.63) is 27.2 Å². The predicted molar refractivity (Wildman–Crippen MR) is 72.2 cm³/mol. The Morgan fingerprint density at radius 3 is 2.50 bits per heavy atom. The maximum atomic E-state index is 12.0. The van der Waals surface area contributed by atoms with Crippen molar-refractivity contribution in [1.29, 1.82) is 0 Å². The molecule has 0 bridgehead atoms. The lowest BCUT2D eigenvalue weighted by Gasteiger charge is -2.16. The molecule has 0 aliphatic rings. The van der Waals surface area contributed by atoms with Crippen LogP contribution in [0.3, 0.4) is 0 Å². The first-order valence-corrected chi connectivity index (χ1v) is 5.93. The molecule has 2 rings (SSSR count). The van der Waals surface area contributed by atoms with Gasteiger partial charge in [0.25, 0.3) is 5.56 Å². The molecule has 0 aliphatic heterocycles. The third-order valence-electron chi connectivity index (χ3n) is 3.10. The van der Waals surface area contributed by atoms with Gasteiger partial charge in [0.15, 0.2) is 17.5 Å². The third-order valence-corrected chi connectivity index (χ3v) is 3.10. The fourth-order valence-electron chi connectivity index (χ4n) is 1.93. The standard InChI is InChI=1S/C11H17N5O4/c1-14-9-8(10(17)15(2)11(14)18)12-6-16(9)13-5-7(19-3)20-4/h6-7,13H,5H2,1-4H3. The summed E-state index contributed by atoms with van der Waals surface area (Å²) in [6.45, 7) is 0.335. The minimum Gasteiger partial charge on any atom is -0.354 e. The van der Waals surface area contributed by atoms with Gasteiger partial charge in [0, 0.05) is 28.3 Å². The van der Waals surface area contributed by atoms with Gasteiger partial charge in [-0.15, -0.1) is 0 Å². The van der Waals surface area contributed by atoms with E-state index in [0.29, 0.717) is 12.2 Å². The number of rotatable bonds is 5. The zero-order chi connectivity index (χ0) is 14.9. The molecule has 0 aromatic carbocycles. The number of aromatic nitrogens is 4. The number of nitrogens with one attached hydrogen (secondary N) is 1. The average Bonchev–Trinajstić information content (AvgIpc) is 2.88. The number of nitrogens with zero attached hydrogens (tertiary/aromatic N) is 4. The summed E-state index contributed by atoms with van der Waals surface area (Å²) >= 11 is 0.